The molecular formula is C17H29N3. The first-order valence-corrected chi connectivity index (χ1v) is 7.87. The number of nitrogens with zero attached hydrogens (tertiary/aromatic N) is 2. The van der Waals surface area contributed by atoms with E-state index in [1.165, 1.54) is 31.5 Å². The van der Waals surface area contributed by atoms with Gasteiger partial charge in [0, 0.05) is 18.6 Å². The molecule has 1 atom stereocenters. The van der Waals surface area contributed by atoms with Gasteiger partial charge in [-0.05, 0) is 52.1 Å². The van der Waals surface area contributed by atoms with Crippen LogP contribution < -0.4 is 5.32 Å². The Hall–Kier alpha value is -0.900. The van der Waals surface area contributed by atoms with Gasteiger partial charge < -0.3 is 15.1 Å². The molecule has 1 aromatic carbocycles. The minimum atomic E-state index is 0.456. The molecule has 1 saturated heterocycles. The summed E-state index contributed by atoms with van der Waals surface area (Å²) in [5.41, 5.74) is 1.41. The lowest BCUT2D eigenvalue weighted by Crippen LogP contribution is -2.44. The lowest BCUT2D eigenvalue weighted by Gasteiger charge is -2.37. The molecule has 3 heteroatoms. The molecule has 1 fully saturated rings. The predicted molar refractivity (Wildman–Crippen MR) is 86.0 cm³/mol. The highest BCUT2D eigenvalue weighted by molar-refractivity contribution is 5.19. The van der Waals surface area contributed by atoms with Gasteiger partial charge in [0.2, 0.25) is 0 Å². The zero-order chi connectivity index (χ0) is 14.4. The molecule has 1 N–H and O–H groups in total. The van der Waals surface area contributed by atoms with E-state index in [1.54, 1.807) is 0 Å². The second kappa shape index (κ2) is 7.77. The molecule has 1 aliphatic rings. The van der Waals surface area contributed by atoms with E-state index in [4.69, 9.17) is 0 Å². The molecule has 0 bridgehead atoms. The van der Waals surface area contributed by atoms with E-state index in [1.807, 2.05) is 0 Å². The van der Waals surface area contributed by atoms with Crippen LogP contribution in [0.5, 0.6) is 0 Å². The molecule has 0 spiro atoms. The third-order valence-electron chi connectivity index (χ3n) is 4.38. The minimum absolute atomic E-state index is 0.456. The van der Waals surface area contributed by atoms with Crippen LogP contribution in [-0.2, 0) is 0 Å². The molecule has 0 aromatic heterocycles. The lowest BCUT2D eigenvalue weighted by atomic mass is 10.0. The Morgan fingerprint density at radius 2 is 1.85 bits per heavy atom. The highest BCUT2D eigenvalue weighted by Gasteiger charge is 2.22. The average Bonchev–Trinajstić information content (AvgIpc) is 2.48. The molecule has 1 aliphatic heterocycles. The third-order valence-corrected chi connectivity index (χ3v) is 4.38. The normalized spacial score (nSPS) is 19.4. The van der Waals surface area contributed by atoms with Crippen LogP contribution in [0.25, 0.3) is 0 Å². The van der Waals surface area contributed by atoms with Crippen molar-refractivity contribution in [1.82, 2.24) is 15.1 Å². The number of hydrogen-bond donors (Lipinski definition) is 1. The maximum absolute atomic E-state index is 3.63. The second-order valence-corrected chi connectivity index (χ2v) is 6.02. The number of likely N-dealkylation sites (N-methyl/N-ethyl adjacent to an activating group) is 1. The van der Waals surface area contributed by atoms with Crippen molar-refractivity contribution in [2.45, 2.75) is 31.8 Å². The zero-order valence-electron chi connectivity index (χ0n) is 13.2. The van der Waals surface area contributed by atoms with Crippen molar-refractivity contribution in [2.75, 3.05) is 40.3 Å². The van der Waals surface area contributed by atoms with Gasteiger partial charge in [-0.2, -0.15) is 0 Å². The number of likely N-dealkylation sites (tertiary alicyclic amines) is 1. The van der Waals surface area contributed by atoms with Crippen molar-refractivity contribution in [3.63, 3.8) is 0 Å². The molecule has 3 nitrogen and oxygen atoms in total. The van der Waals surface area contributed by atoms with Crippen LogP contribution in [0, 0.1) is 0 Å². The molecule has 20 heavy (non-hydrogen) atoms. The van der Waals surface area contributed by atoms with Crippen LogP contribution >= 0.6 is 0 Å². The van der Waals surface area contributed by atoms with Gasteiger partial charge in [-0.3, -0.25) is 0 Å². The summed E-state index contributed by atoms with van der Waals surface area (Å²) < 4.78 is 0. The average molecular weight is 275 g/mol. The fourth-order valence-electron chi connectivity index (χ4n) is 3.10. The number of hydrogen-bond acceptors (Lipinski definition) is 3. The Balaban J connectivity index is 1.90. The summed E-state index contributed by atoms with van der Waals surface area (Å²) in [5, 5.41) is 3.63. The molecular weight excluding hydrogens is 246 g/mol. The second-order valence-electron chi connectivity index (χ2n) is 6.02. The first-order chi connectivity index (χ1) is 9.70. The standard InChI is InChI=1S/C17H29N3/c1-4-18-17(15-8-6-5-7-9-15)14-20-12-10-16(11-13-20)19(2)3/h5-9,16-18H,4,10-14H2,1-3H3. The zero-order valence-corrected chi connectivity index (χ0v) is 13.2. The van der Waals surface area contributed by atoms with Gasteiger partial charge in [0.15, 0.2) is 0 Å². The fourth-order valence-corrected chi connectivity index (χ4v) is 3.10. The first kappa shape index (κ1) is 15.5. The molecule has 0 radical (unpaired) electrons. The number of piperidine rings is 1. The molecule has 1 unspecified atom stereocenters. The van der Waals surface area contributed by atoms with Gasteiger partial charge in [0.25, 0.3) is 0 Å². The van der Waals surface area contributed by atoms with E-state index >= 15 is 0 Å². The Kier molecular flexibility index (Phi) is 6.02. The third kappa shape index (κ3) is 4.30. The van der Waals surface area contributed by atoms with Crippen LogP contribution in [-0.4, -0.2) is 56.1 Å². The summed E-state index contributed by atoms with van der Waals surface area (Å²) in [6.45, 7) is 6.77. The van der Waals surface area contributed by atoms with E-state index in [-0.39, 0.29) is 0 Å². The van der Waals surface area contributed by atoms with Crippen LogP contribution in [0.3, 0.4) is 0 Å². The van der Waals surface area contributed by atoms with E-state index in [0.717, 1.165) is 19.1 Å². The summed E-state index contributed by atoms with van der Waals surface area (Å²) >= 11 is 0. The van der Waals surface area contributed by atoms with Crippen molar-refractivity contribution < 1.29 is 0 Å². The van der Waals surface area contributed by atoms with Crippen molar-refractivity contribution in [2.24, 2.45) is 0 Å². The van der Waals surface area contributed by atoms with Crippen LogP contribution in [0.2, 0.25) is 0 Å². The monoisotopic (exact) mass is 275 g/mol. The quantitative estimate of drug-likeness (QED) is 0.860. The maximum atomic E-state index is 3.63. The number of benzene rings is 1. The van der Waals surface area contributed by atoms with Gasteiger partial charge >= 0.3 is 0 Å². The summed E-state index contributed by atoms with van der Waals surface area (Å²) in [6.07, 6.45) is 2.58. The van der Waals surface area contributed by atoms with E-state index in [0.29, 0.717) is 6.04 Å². The van der Waals surface area contributed by atoms with Crippen molar-refractivity contribution in [3.05, 3.63) is 35.9 Å². The van der Waals surface area contributed by atoms with Crippen LogP contribution in [0.15, 0.2) is 30.3 Å². The SMILES string of the molecule is CCNC(CN1CCC(N(C)C)CC1)c1ccccc1. The molecule has 1 heterocycles. The molecule has 0 saturated carbocycles. The smallest absolute Gasteiger partial charge is 0.0449 e. The van der Waals surface area contributed by atoms with Crippen molar-refractivity contribution in [1.29, 1.82) is 0 Å². The van der Waals surface area contributed by atoms with Gasteiger partial charge in [-0.15, -0.1) is 0 Å². The van der Waals surface area contributed by atoms with Crippen molar-refractivity contribution >= 4 is 0 Å². The Morgan fingerprint density at radius 3 is 2.40 bits per heavy atom. The largest absolute Gasteiger partial charge is 0.309 e. The Labute approximate surface area is 124 Å². The summed E-state index contributed by atoms with van der Waals surface area (Å²) in [6, 6.07) is 12.1. The highest BCUT2D eigenvalue weighted by Crippen LogP contribution is 2.19. The van der Waals surface area contributed by atoms with Gasteiger partial charge in [-0.1, -0.05) is 37.3 Å². The minimum Gasteiger partial charge on any atom is -0.309 e. The summed E-state index contributed by atoms with van der Waals surface area (Å²) in [5.74, 6) is 0. The summed E-state index contributed by atoms with van der Waals surface area (Å²) in [7, 11) is 4.40. The summed E-state index contributed by atoms with van der Waals surface area (Å²) in [4.78, 5) is 4.98. The fraction of sp³-hybridized carbons (Fsp3) is 0.647. The van der Waals surface area contributed by atoms with E-state index < -0.39 is 0 Å². The topological polar surface area (TPSA) is 18.5 Å². The molecule has 0 aliphatic carbocycles. The molecule has 2 rings (SSSR count). The van der Waals surface area contributed by atoms with E-state index in [9.17, 15) is 0 Å². The Bertz CT molecular complexity index is 369. The number of rotatable bonds is 6. The van der Waals surface area contributed by atoms with Gasteiger partial charge in [0.1, 0.15) is 0 Å². The first-order valence-electron chi connectivity index (χ1n) is 7.87. The highest BCUT2D eigenvalue weighted by atomic mass is 15.2. The molecule has 112 valence electrons. The Morgan fingerprint density at radius 1 is 1.20 bits per heavy atom. The molecule has 1 aromatic rings. The van der Waals surface area contributed by atoms with Crippen LogP contribution in [0.1, 0.15) is 31.4 Å². The van der Waals surface area contributed by atoms with E-state index in [2.05, 4.69) is 66.5 Å². The lowest BCUT2D eigenvalue weighted by molar-refractivity contribution is 0.135. The van der Waals surface area contributed by atoms with Gasteiger partial charge in [0.05, 0.1) is 0 Å². The molecule has 0 amide bonds. The number of nitrogens with one attached hydrogen (secondary N) is 1. The predicted octanol–water partition coefficient (Wildman–Crippen LogP) is 2.36. The van der Waals surface area contributed by atoms with Crippen molar-refractivity contribution in [3.8, 4) is 0 Å². The van der Waals surface area contributed by atoms with Crippen LogP contribution in [0.4, 0.5) is 0 Å². The maximum Gasteiger partial charge on any atom is 0.0449 e. The van der Waals surface area contributed by atoms with Gasteiger partial charge in [-0.25, -0.2) is 0 Å².